The van der Waals surface area contributed by atoms with Crippen LogP contribution in [-0.2, 0) is 13.6 Å². The van der Waals surface area contributed by atoms with Gasteiger partial charge in [-0.15, -0.1) is 0 Å². The first-order valence-electron chi connectivity index (χ1n) is 5.75. The van der Waals surface area contributed by atoms with Gasteiger partial charge in [-0.05, 0) is 36.2 Å². The number of aromatic nitrogens is 1. The van der Waals surface area contributed by atoms with E-state index in [1.165, 1.54) is 11.1 Å². The topological polar surface area (TPSA) is 17.0 Å². The molecule has 0 saturated carbocycles. The highest BCUT2D eigenvalue weighted by molar-refractivity contribution is 6.30. The summed E-state index contributed by atoms with van der Waals surface area (Å²) in [5.41, 5.74) is 2.55. The van der Waals surface area contributed by atoms with E-state index in [-0.39, 0.29) is 0 Å². The molecule has 2 aromatic rings. The Morgan fingerprint density at radius 2 is 1.94 bits per heavy atom. The van der Waals surface area contributed by atoms with E-state index in [0.717, 1.165) is 11.6 Å². The molecule has 0 aliphatic rings. The van der Waals surface area contributed by atoms with E-state index < -0.39 is 0 Å². The van der Waals surface area contributed by atoms with E-state index in [9.17, 15) is 0 Å². The fraction of sp³-hybridized carbons (Fsp3) is 0.286. The van der Waals surface area contributed by atoms with Crippen molar-refractivity contribution < 1.29 is 0 Å². The highest BCUT2D eigenvalue weighted by Gasteiger charge is 2.04. The van der Waals surface area contributed by atoms with Crippen molar-refractivity contribution in [3.63, 3.8) is 0 Å². The average molecular weight is 249 g/mol. The highest BCUT2D eigenvalue weighted by Crippen LogP contribution is 2.16. The van der Waals surface area contributed by atoms with Crippen LogP contribution in [0.5, 0.6) is 0 Å². The lowest BCUT2D eigenvalue weighted by molar-refractivity contribution is 0.574. The molecule has 1 aromatic heterocycles. The fourth-order valence-corrected chi connectivity index (χ4v) is 1.93. The number of halogens is 1. The molecule has 0 aliphatic heterocycles. The standard InChI is InChI=1S/C14H17ClN2/c1-11(13-3-5-14(15)6-4-13)16-9-12-7-8-17(2)10-12/h3-8,10-11,16H,9H2,1-2H3/t11-/m1/s1. The van der Waals surface area contributed by atoms with Crippen molar-refractivity contribution in [1.29, 1.82) is 0 Å². The van der Waals surface area contributed by atoms with Gasteiger partial charge in [-0.2, -0.15) is 0 Å². The lowest BCUT2D eigenvalue weighted by atomic mass is 10.1. The second kappa shape index (κ2) is 5.39. The summed E-state index contributed by atoms with van der Waals surface area (Å²) in [6, 6.07) is 10.4. The van der Waals surface area contributed by atoms with Crippen LogP contribution >= 0.6 is 11.6 Å². The predicted molar refractivity (Wildman–Crippen MR) is 72.1 cm³/mol. The van der Waals surface area contributed by atoms with E-state index >= 15 is 0 Å². The van der Waals surface area contributed by atoms with E-state index in [1.54, 1.807) is 0 Å². The molecular formula is C14H17ClN2. The summed E-state index contributed by atoms with van der Waals surface area (Å²) in [6.07, 6.45) is 4.19. The van der Waals surface area contributed by atoms with E-state index in [2.05, 4.69) is 47.4 Å². The maximum absolute atomic E-state index is 5.87. The maximum Gasteiger partial charge on any atom is 0.0406 e. The molecule has 2 rings (SSSR count). The van der Waals surface area contributed by atoms with Crippen molar-refractivity contribution in [1.82, 2.24) is 9.88 Å². The number of rotatable bonds is 4. The Morgan fingerprint density at radius 3 is 2.53 bits per heavy atom. The van der Waals surface area contributed by atoms with Gasteiger partial charge in [0.2, 0.25) is 0 Å². The molecule has 0 radical (unpaired) electrons. The third-order valence-corrected chi connectivity index (χ3v) is 3.13. The van der Waals surface area contributed by atoms with Crippen LogP contribution in [0.1, 0.15) is 24.1 Å². The van der Waals surface area contributed by atoms with Gasteiger partial charge < -0.3 is 9.88 Å². The van der Waals surface area contributed by atoms with Crippen LogP contribution in [-0.4, -0.2) is 4.57 Å². The number of nitrogens with one attached hydrogen (secondary N) is 1. The lowest BCUT2D eigenvalue weighted by Gasteiger charge is -2.13. The number of nitrogens with zero attached hydrogens (tertiary/aromatic N) is 1. The molecule has 0 fully saturated rings. The Hall–Kier alpha value is -1.25. The summed E-state index contributed by atoms with van der Waals surface area (Å²) in [4.78, 5) is 0. The van der Waals surface area contributed by atoms with Gasteiger partial charge >= 0.3 is 0 Å². The summed E-state index contributed by atoms with van der Waals surface area (Å²) >= 11 is 5.87. The first kappa shape index (κ1) is 12.2. The lowest BCUT2D eigenvalue weighted by Crippen LogP contribution is -2.17. The zero-order chi connectivity index (χ0) is 12.3. The Bertz CT molecular complexity index is 473. The summed E-state index contributed by atoms with van der Waals surface area (Å²) in [5.74, 6) is 0. The molecule has 90 valence electrons. The van der Waals surface area contributed by atoms with Crippen molar-refractivity contribution in [3.05, 3.63) is 58.9 Å². The molecule has 0 bridgehead atoms. The normalized spacial score (nSPS) is 12.6. The third kappa shape index (κ3) is 3.35. The number of hydrogen-bond acceptors (Lipinski definition) is 1. The number of hydrogen-bond donors (Lipinski definition) is 1. The molecule has 0 amide bonds. The first-order chi connectivity index (χ1) is 8.15. The number of benzene rings is 1. The van der Waals surface area contributed by atoms with Gasteiger partial charge in [0, 0.05) is 37.1 Å². The van der Waals surface area contributed by atoms with Gasteiger partial charge in [0.25, 0.3) is 0 Å². The quantitative estimate of drug-likeness (QED) is 0.876. The van der Waals surface area contributed by atoms with Crippen molar-refractivity contribution in [2.24, 2.45) is 7.05 Å². The minimum atomic E-state index is 0.326. The molecule has 2 nitrogen and oxygen atoms in total. The zero-order valence-electron chi connectivity index (χ0n) is 10.2. The molecule has 0 aliphatic carbocycles. The molecule has 1 atom stereocenters. The van der Waals surface area contributed by atoms with E-state index in [4.69, 9.17) is 11.6 Å². The molecule has 1 aromatic carbocycles. The summed E-state index contributed by atoms with van der Waals surface area (Å²) < 4.78 is 2.06. The molecule has 0 unspecified atom stereocenters. The van der Waals surface area contributed by atoms with Crippen molar-refractivity contribution >= 4 is 11.6 Å². The van der Waals surface area contributed by atoms with Gasteiger partial charge in [-0.25, -0.2) is 0 Å². The predicted octanol–water partition coefficient (Wildman–Crippen LogP) is 3.53. The van der Waals surface area contributed by atoms with E-state index in [1.807, 2.05) is 19.2 Å². The first-order valence-corrected chi connectivity index (χ1v) is 6.12. The Balaban J connectivity index is 1.93. The van der Waals surface area contributed by atoms with Gasteiger partial charge in [0.15, 0.2) is 0 Å². The fourth-order valence-electron chi connectivity index (χ4n) is 1.81. The van der Waals surface area contributed by atoms with Crippen LogP contribution in [0.4, 0.5) is 0 Å². The molecule has 0 saturated heterocycles. The molecule has 1 heterocycles. The van der Waals surface area contributed by atoms with Crippen molar-refractivity contribution in [3.8, 4) is 0 Å². The molecule has 3 heteroatoms. The second-order valence-corrected chi connectivity index (χ2v) is 4.78. The van der Waals surface area contributed by atoms with Gasteiger partial charge in [-0.3, -0.25) is 0 Å². The molecule has 17 heavy (non-hydrogen) atoms. The largest absolute Gasteiger partial charge is 0.357 e. The van der Waals surface area contributed by atoms with Gasteiger partial charge in [-0.1, -0.05) is 23.7 Å². The van der Waals surface area contributed by atoms with Crippen LogP contribution in [0.15, 0.2) is 42.7 Å². The Kier molecular flexibility index (Phi) is 3.87. The third-order valence-electron chi connectivity index (χ3n) is 2.88. The van der Waals surface area contributed by atoms with Crippen molar-refractivity contribution in [2.75, 3.05) is 0 Å². The van der Waals surface area contributed by atoms with Crippen LogP contribution in [0, 0.1) is 0 Å². The Labute approximate surface area is 107 Å². The van der Waals surface area contributed by atoms with Crippen LogP contribution in [0.25, 0.3) is 0 Å². The van der Waals surface area contributed by atoms with E-state index in [0.29, 0.717) is 6.04 Å². The smallest absolute Gasteiger partial charge is 0.0406 e. The SMILES string of the molecule is C[C@@H](NCc1ccn(C)c1)c1ccc(Cl)cc1. The number of aryl methyl sites for hydroxylation is 1. The average Bonchev–Trinajstić information content (AvgIpc) is 2.73. The van der Waals surface area contributed by atoms with Crippen LogP contribution in [0.2, 0.25) is 5.02 Å². The highest BCUT2D eigenvalue weighted by atomic mass is 35.5. The van der Waals surface area contributed by atoms with Gasteiger partial charge in [0.05, 0.1) is 0 Å². The monoisotopic (exact) mass is 248 g/mol. The minimum absolute atomic E-state index is 0.326. The zero-order valence-corrected chi connectivity index (χ0v) is 10.9. The minimum Gasteiger partial charge on any atom is -0.357 e. The van der Waals surface area contributed by atoms with Crippen LogP contribution in [0.3, 0.4) is 0 Å². The molecule has 1 N–H and O–H groups in total. The van der Waals surface area contributed by atoms with Crippen LogP contribution < -0.4 is 5.32 Å². The summed E-state index contributed by atoms with van der Waals surface area (Å²) in [5, 5.41) is 4.27. The van der Waals surface area contributed by atoms with Gasteiger partial charge in [0.1, 0.15) is 0 Å². The molecular weight excluding hydrogens is 232 g/mol. The Morgan fingerprint density at radius 1 is 1.24 bits per heavy atom. The molecule has 0 spiro atoms. The maximum atomic E-state index is 5.87. The summed E-state index contributed by atoms with van der Waals surface area (Å²) in [6.45, 7) is 3.04. The van der Waals surface area contributed by atoms with Crippen molar-refractivity contribution in [2.45, 2.75) is 19.5 Å². The second-order valence-electron chi connectivity index (χ2n) is 4.34. The summed E-state index contributed by atoms with van der Waals surface area (Å²) in [7, 11) is 2.03.